The lowest BCUT2D eigenvalue weighted by molar-refractivity contribution is -0.384. The summed E-state index contributed by atoms with van der Waals surface area (Å²) in [6, 6.07) is 6.46. The molecule has 5 heteroatoms. The average molecular weight is 196 g/mol. The maximum absolute atomic E-state index is 10.6. The van der Waals surface area contributed by atoms with Crippen molar-refractivity contribution in [1.82, 2.24) is 0 Å². The SMILES string of the molecule is CN(CCO)c1ccccc1[N+](=O)[O-]. The van der Waals surface area contributed by atoms with E-state index in [1.165, 1.54) is 6.07 Å². The van der Waals surface area contributed by atoms with Gasteiger partial charge in [0.15, 0.2) is 0 Å². The van der Waals surface area contributed by atoms with Crippen molar-refractivity contribution in [2.24, 2.45) is 0 Å². The smallest absolute Gasteiger partial charge is 0.292 e. The number of hydrogen-bond donors (Lipinski definition) is 1. The number of hydrogen-bond acceptors (Lipinski definition) is 4. The molecular formula is C9H12N2O3. The van der Waals surface area contributed by atoms with E-state index in [4.69, 9.17) is 5.11 Å². The second kappa shape index (κ2) is 4.57. The number of anilines is 1. The summed E-state index contributed by atoms with van der Waals surface area (Å²) in [6.07, 6.45) is 0. The van der Waals surface area contributed by atoms with Crippen LogP contribution in [-0.4, -0.2) is 30.2 Å². The number of rotatable bonds is 4. The Labute approximate surface area is 81.7 Å². The minimum absolute atomic E-state index is 0.0252. The van der Waals surface area contributed by atoms with Crippen LogP contribution in [0.25, 0.3) is 0 Å². The Kier molecular flexibility index (Phi) is 3.41. The lowest BCUT2D eigenvalue weighted by atomic mass is 10.2. The lowest BCUT2D eigenvalue weighted by Crippen LogP contribution is -2.21. The number of nitro benzene ring substituents is 1. The Bertz CT molecular complexity index is 328. The Morgan fingerprint density at radius 2 is 2.14 bits per heavy atom. The minimum atomic E-state index is -0.427. The molecule has 0 amide bonds. The fraction of sp³-hybridized carbons (Fsp3) is 0.333. The van der Waals surface area contributed by atoms with Gasteiger partial charge in [-0.15, -0.1) is 0 Å². The maximum Gasteiger partial charge on any atom is 0.292 e. The van der Waals surface area contributed by atoms with Gasteiger partial charge < -0.3 is 10.0 Å². The summed E-state index contributed by atoms with van der Waals surface area (Å²) in [5, 5.41) is 19.4. The van der Waals surface area contributed by atoms with Crippen LogP contribution < -0.4 is 4.90 Å². The van der Waals surface area contributed by atoms with Crippen molar-refractivity contribution < 1.29 is 10.0 Å². The van der Waals surface area contributed by atoms with Crippen molar-refractivity contribution in [2.45, 2.75) is 0 Å². The lowest BCUT2D eigenvalue weighted by Gasteiger charge is -2.17. The van der Waals surface area contributed by atoms with Crippen molar-refractivity contribution in [2.75, 3.05) is 25.1 Å². The van der Waals surface area contributed by atoms with Crippen molar-refractivity contribution >= 4 is 11.4 Å². The molecule has 0 heterocycles. The molecule has 0 fully saturated rings. The van der Waals surface area contributed by atoms with E-state index in [0.29, 0.717) is 12.2 Å². The summed E-state index contributed by atoms with van der Waals surface area (Å²) < 4.78 is 0. The molecule has 0 aromatic heterocycles. The van der Waals surface area contributed by atoms with Crippen LogP contribution >= 0.6 is 0 Å². The van der Waals surface area contributed by atoms with Gasteiger partial charge in [0, 0.05) is 19.7 Å². The van der Waals surface area contributed by atoms with Gasteiger partial charge in [-0.3, -0.25) is 10.1 Å². The van der Waals surface area contributed by atoms with Crippen LogP contribution in [0.3, 0.4) is 0 Å². The first-order valence-electron chi connectivity index (χ1n) is 4.22. The second-order valence-electron chi connectivity index (χ2n) is 2.89. The summed E-state index contributed by atoms with van der Waals surface area (Å²) in [6.45, 7) is 0.355. The molecule has 0 aliphatic rings. The number of aliphatic hydroxyl groups excluding tert-OH is 1. The van der Waals surface area contributed by atoms with E-state index in [9.17, 15) is 10.1 Å². The first-order chi connectivity index (χ1) is 6.66. The molecule has 0 radical (unpaired) electrons. The van der Waals surface area contributed by atoms with Gasteiger partial charge in [0.1, 0.15) is 5.69 Å². The number of aliphatic hydroxyl groups is 1. The van der Waals surface area contributed by atoms with E-state index in [1.54, 1.807) is 30.1 Å². The second-order valence-corrected chi connectivity index (χ2v) is 2.89. The Morgan fingerprint density at radius 3 is 2.71 bits per heavy atom. The van der Waals surface area contributed by atoms with Crippen LogP contribution in [0.15, 0.2) is 24.3 Å². The average Bonchev–Trinajstić information content (AvgIpc) is 2.18. The van der Waals surface area contributed by atoms with Gasteiger partial charge in [-0.05, 0) is 6.07 Å². The van der Waals surface area contributed by atoms with E-state index >= 15 is 0 Å². The van der Waals surface area contributed by atoms with E-state index < -0.39 is 4.92 Å². The third-order valence-electron chi connectivity index (χ3n) is 1.93. The molecule has 0 aliphatic carbocycles. The number of nitrogens with zero attached hydrogens (tertiary/aromatic N) is 2. The number of para-hydroxylation sites is 2. The highest BCUT2D eigenvalue weighted by molar-refractivity contribution is 5.62. The molecule has 1 aromatic carbocycles. The molecule has 1 rings (SSSR count). The largest absolute Gasteiger partial charge is 0.395 e. The third kappa shape index (κ3) is 2.20. The first-order valence-corrected chi connectivity index (χ1v) is 4.22. The molecule has 0 bridgehead atoms. The normalized spacial score (nSPS) is 9.86. The summed E-state index contributed by atoms with van der Waals surface area (Å²) >= 11 is 0. The van der Waals surface area contributed by atoms with E-state index in [1.807, 2.05) is 0 Å². The zero-order valence-electron chi connectivity index (χ0n) is 7.88. The molecule has 1 N–H and O–H groups in total. The number of nitro groups is 1. The molecule has 0 unspecified atom stereocenters. The summed E-state index contributed by atoms with van der Waals surface area (Å²) in [7, 11) is 1.71. The van der Waals surface area contributed by atoms with E-state index in [-0.39, 0.29) is 12.3 Å². The summed E-state index contributed by atoms with van der Waals surface area (Å²) in [4.78, 5) is 11.9. The van der Waals surface area contributed by atoms with Crippen LogP contribution in [0, 0.1) is 10.1 Å². The van der Waals surface area contributed by atoms with Crippen molar-refractivity contribution in [1.29, 1.82) is 0 Å². The molecule has 14 heavy (non-hydrogen) atoms. The predicted molar refractivity (Wildman–Crippen MR) is 53.5 cm³/mol. The molecule has 1 aromatic rings. The quantitative estimate of drug-likeness (QED) is 0.576. The fourth-order valence-corrected chi connectivity index (χ4v) is 1.21. The van der Waals surface area contributed by atoms with E-state index in [2.05, 4.69) is 0 Å². The van der Waals surface area contributed by atoms with Crippen molar-refractivity contribution in [3.05, 3.63) is 34.4 Å². The number of likely N-dealkylation sites (N-methyl/N-ethyl adjacent to an activating group) is 1. The van der Waals surface area contributed by atoms with Gasteiger partial charge in [0.25, 0.3) is 5.69 Å². The molecule has 76 valence electrons. The van der Waals surface area contributed by atoms with Crippen LogP contribution in [0.4, 0.5) is 11.4 Å². The molecule has 0 saturated carbocycles. The summed E-state index contributed by atoms with van der Waals surface area (Å²) in [5.74, 6) is 0. The van der Waals surface area contributed by atoms with Crippen molar-refractivity contribution in [3.63, 3.8) is 0 Å². The van der Waals surface area contributed by atoms with Gasteiger partial charge in [0.05, 0.1) is 11.5 Å². The monoisotopic (exact) mass is 196 g/mol. The van der Waals surface area contributed by atoms with Crippen LogP contribution in [-0.2, 0) is 0 Å². The van der Waals surface area contributed by atoms with Gasteiger partial charge >= 0.3 is 0 Å². The van der Waals surface area contributed by atoms with Gasteiger partial charge in [-0.25, -0.2) is 0 Å². The van der Waals surface area contributed by atoms with Gasteiger partial charge in [-0.1, -0.05) is 12.1 Å². The predicted octanol–water partition coefficient (Wildman–Crippen LogP) is 1.02. The van der Waals surface area contributed by atoms with E-state index in [0.717, 1.165) is 0 Å². The third-order valence-corrected chi connectivity index (χ3v) is 1.93. The summed E-state index contributed by atoms with van der Waals surface area (Å²) in [5.41, 5.74) is 0.579. The Morgan fingerprint density at radius 1 is 1.50 bits per heavy atom. The molecule has 0 atom stereocenters. The zero-order valence-corrected chi connectivity index (χ0v) is 7.88. The van der Waals surface area contributed by atoms with Crippen LogP contribution in [0.5, 0.6) is 0 Å². The molecular weight excluding hydrogens is 184 g/mol. The standard InChI is InChI=1S/C9H12N2O3/c1-10(6-7-12)8-4-2-3-5-9(8)11(13)14/h2-5,12H,6-7H2,1H3. The molecule has 0 saturated heterocycles. The minimum Gasteiger partial charge on any atom is -0.395 e. The van der Waals surface area contributed by atoms with Crippen LogP contribution in [0.2, 0.25) is 0 Å². The van der Waals surface area contributed by atoms with Gasteiger partial charge in [-0.2, -0.15) is 0 Å². The zero-order chi connectivity index (χ0) is 10.6. The Balaban J connectivity index is 3.00. The molecule has 0 aliphatic heterocycles. The van der Waals surface area contributed by atoms with Gasteiger partial charge in [0.2, 0.25) is 0 Å². The fourth-order valence-electron chi connectivity index (χ4n) is 1.21. The maximum atomic E-state index is 10.6. The highest BCUT2D eigenvalue weighted by Crippen LogP contribution is 2.25. The highest BCUT2D eigenvalue weighted by atomic mass is 16.6. The topological polar surface area (TPSA) is 66.6 Å². The molecule has 0 spiro atoms. The first kappa shape index (κ1) is 10.5. The number of benzene rings is 1. The van der Waals surface area contributed by atoms with Crippen LogP contribution in [0.1, 0.15) is 0 Å². The van der Waals surface area contributed by atoms with Crippen molar-refractivity contribution in [3.8, 4) is 0 Å². The molecule has 5 nitrogen and oxygen atoms in total. The Hall–Kier alpha value is -1.62. The highest BCUT2D eigenvalue weighted by Gasteiger charge is 2.14.